The molecule has 1 aliphatic rings. The summed E-state index contributed by atoms with van der Waals surface area (Å²) in [7, 11) is 0. The molecule has 22 heavy (non-hydrogen) atoms. The smallest absolute Gasteiger partial charge is 0.481 e. The normalized spacial score (nSPS) is 17.5. The largest absolute Gasteiger partial charge is 0.573 e. The Morgan fingerprint density at radius 2 is 1.95 bits per heavy atom. The number of likely N-dealkylation sites (tertiary alicyclic amines) is 1. The standard InChI is InChI=1S/C14H15F4NO3/c15-11-2-1-3-12(22-14(16,17)18)10(11)8-19-6-4-9(5-7-19)13(20)21/h1-3,9H,4-8H2,(H,20,21). The van der Waals surface area contributed by atoms with Gasteiger partial charge in [0.15, 0.2) is 0 Å². The van der Waals surface area contributed by atoms with E-state index in [1.54, 1.807) is 4.90 Å². The van der Waals surface area contributed by atoms with Crippen molar-refractivity contribution >= 4 is 5.97 Å². The van der Waals surface area contributed by atoms with Crippen LogP contribution in [0.15, 0.2) is 18.2 Å². The molecular weight excluding hydrogens is 306 g/mol. The molecule has 0 amide bonds. The highest BCUT2D eigenvalue weighted by Crippen LogP contribution is 2.30. The highest BCUT2D eigenvalue weighted by atomic mass is 19.4. The number of hydrogen-bond acceptors (Lipinski definition) is 3. The Balaban J connectivity index is 2.08. The number of benzene rings is 1. The molecule has 0 spiro atoms. The lowest BCUT2D eigenvalue weighted by molar-refractivity contribution is -0.275. The van der Waals surface area contributed by atoms with Gasteiger partial charge >= 0.3 is 12.3 Å². The molecule has 0 saturated carbocycles. The fourth-order valence-corrected chi connectivity index (χ4v) is 2.47. The van der Waals surface area contributed by atoms with Crippen LogP contribution in [-0.4, -0.2) is 35.4 Å². The van der Waals surface area contributed by atoms with Gasteiger partial charge in [-0.1, -0.05) is 6.07 Å². The third-order valence-electron chi connectivity index (χ3n) is 3.62. The molecule has 1 fully saturated rings. The van der Waals surface area contributed by atoms with Crippen molar-refractivity contribution in [2.75, 3.05) is 13.1 Å². The van der Waals surface area contributed by atoms with Crippen molar-refractivity contribution in [3.8, 4) is 5.75 Å². The Morgan fingerprint density at radius 1 is 1.32 bits per heavy atom. The van der Waals surface area contributed by atoms with Crippen molar-refractivity contribution in [1.82, 2.24) is 4.90 Å². The summed E-state index contributed by atoms with van der Waals surface area (Å²) in [5.74, 6) is -2.68. The summed E-state index contributed by atoms with van der Waals surface area (Å²) in [6, 6.07) is 3.29. The minimum absolute atomic E-state index is 0.0512. The number of alkyl halides is 3. The molecule has 0 bridgehead atoms. The molecule has 4 nitrogen and oxygen atoms in total. The quantitative estimate of drug-likeness (QED) is 0.866. The van der Waals surface area contributed by atoms with Gasteiger partial charge in [0, 0.05) is 12.1 Å². The summed E-state index contributed by atoms with van der Waals surface area (Å²) in [6.45, 7) is 0.720. The van der Waals surface area contributed by atoms with Gasteiger partial charge in [-0.3, -0.25) is 9.69 Å². The summed E-state index contributed by atoms with van der Waals surface area (Å²) in [5, 5.41) is 8.91. The molecule has 0 unspecified atom stereocenters. The maximum atomic E-state index is 13.8. The van der Waals surface area contributed by atoms with E-state index in [0.717, 1.165) is 18.2 Å². The monoisotopic (exact) mass is 321 g/mol. The number of carboxylic acid groups (broad SMARTS) is 1. The van der Waals surface area contributed by atoms with Crippen molar-refractivity contribution in [3.63, 3.8) is 0 Å². The van der Waals surface area contributed by atoms with E-state index in [-0.39, 0.29) is 12.1 Å². The molecule has 1 aromatic carbocycles. The number of aliphatic carboxylic acids is 1. The first-order chi connectivity index (χ1) is 10.3. The van der Waals surface area contributed by atoms with Gasteiger partial charge in [0.1, 0.15) is 11.6 Å². The lowest BCUT2D eigenvalue weighted by Crippen LogP contribution is -2.36. The Kier molecular flexibility index (Phi) is 4.90. The Labute approximate surface area is 124 Å². The van der Waals surface area contributed by atoms with Crippen LogP contribution in [0.2, 0.25) is 0 Å². The first-order valence-electron chi connectivity index (χ1n) is 6.74. The van der Waals surface area contributed by atoms with Crippen LogP contribution < -0.4 is 4.74 Å². The van der Waals surface area contributed by atoms with E-state index in [2.05, 4.69) is 4.74 Å². The Morgan fingerprint density at radius 3 is 2.50 bits per heavy atom. The number of piperidine rings is 1. The maximum Gasteiger partial charge on any atom is 0.573 e. The van der Waals surface area contributed by atoms with Crippen LogP contribution in [0.4, 0.5) is 17.6 Å². The third-order valence-corrected chi connectivity index (χ3v) is 3.62. The number of nitrogens with zero attached hydrogens (tertiary/aromatic N) is 1. The van der Waals surface area contributed by atoms with Gasteiger partial charge in [-0.15, -0.1) is 13.2 Å². The van der Waals surface area contributed by atoms with E-state index in [9.17, 15) is 22.4 Å². The topological polar surface area (TPSA) is 49.8 Å². The molecule has 0 atom stereocenters. The molecule has 2 rings (SSSR count). The van der Waals surface area contributed by atoms with Crippen LogP contribution in [0, 0.1) is 11.7 Å². The zero-order chi connectivity index (χ0) is 16.3. The molecule has 122 valence electrons. The number of halogens is 4. The zero-order valence-corrected chi connectivity index (χ0v) is 11.6. The van der Waals surface area contributed by atoms with E-state index in [0.29, 0.717) is 25.9 Å². The summed E-state index contributed by atoms with van der Waals surface area (Å²) in [4.78, 5) is 12.6. The molecule has 0 radical (unpaired) electrons. The minimum Gasteiger partial charge on any atom is -0.481 e. The van der Waals surface area contributed by atoms with Gasteiger partial charge in [-0.2, -0.15) is 0 Å². The molecular formula is C14H15F4NO3. The molecule has 1 N–H and O–H groups in total. The first-order valence-corrected chi connectivity index (χ1v) is 6.74. The molecule has 1 saturated heterocycles. The fraction of sp³-hybridized carbons (Fsp3) is 0.500. The van der Waals surface area contributed by atoms with Crippen LogP contribution >= 0.6 is 0 Å². The van der Waals surface area contributed by atoms with Gasteiger partial charge in [-0.05, 0) is 38.1 Å². The van der Waals surface area contributed by atoms with Crippen LogP contribution in [0.3, 0.4) is 0 Å². The first kappa shape index (κ1) is 16.5. The predicted octanol–water partition coefficient (Wildman–Crippen LogP) is 3.02. The summed E-state index contributed by atoms with van der Waals surface area (Å²) >= 11 is 0. The van der Waals surface area contributed by atoms with Crippen molar-refractivity contribution in [1.29, 1.82) is 0 Å². The van der Waals surface area contributed by atoms with E-state index < -0.39 is 29.8 Å². The van der Waals surface area contributed by atoms with E-state index >= 15 is 0 Å². The number of carbonyl (C=O) groups is 1. The second-order valence-electron chi connectivity index (χ2n) is 5.15. The van der Waals surface area contributed by atoms with E-state index in [1.165, 1.54) is 0 Å². The Bertz CT molecular complexity index is 539. The van der Waals surface area contributed by atoms with Crippen LogP contribution in [0.25, 0.3) is 0 Å². The summed E-state index contributed by atoms with van der Waals surface area (Å²) in [6.07, 6.45) is -4.11. The van der Waals surface area contributed by atoms with E-state index in [4.69, 9.17) is 5.11 Å². The summed E-state index contributed by atoms with van der Waals surface area (Å²) in [5.41, 5.74) is -0.173. The second-order valence-corrected chi connectivity index (χ2v) is 5.15. The number of ether oxygens (including phenoxy) is 1. The number of hydrogen-bond donors (Lipinski definition) is 1. The number of rotatable bonds is 4. The van der Waals surface area contributed by atoms with Crippen molar-refractivity contribution in [2.45, 2.75) is 25.7 Å². The molecule has 1 heterocycles. The molecule has 0 aromatic heterocycles. The zero-order valence-electron chi connectivity index (χ0n) is 11.6. The van der Waals surface area contributed by atoms with Crippen molar-refractivity contribution in [3.05, 3.63) is 29.6 Å². The van der Waals surface area contributed by atoms with E-state index in [1.807, 2.05) is 0 Å². The molecule has 8 heteroatoms. The second kappa shape index (κ2) is 6.51. The average Bonchev–Trinajstić information content (AvgIpc) is 2.41. The molecule has 1 aromatic rings. The van der Waals surface area contributed by atoms with Crippen LogP contribution in [0.1, 0.15) is 18.4 Å². The predicted molar refractivity (Wildman–Crippen MR) is 68.7 cm³/mol. The van der Waals surface area contributed by atoms with Gasteiger partial charge < -0.3 is 9.84 Å². The van der Waals surface area contributed by atoms with Crippen molar-refractivity contribution in [2.24, 2.45) is 5.92 Å². The van der Waals surface area contributed by atoms with Gasteiger partial charge in [0.05, 0.1) is 5.92 Å². The fourth-order valence-electron chi connectivity index (χ4n) is 2.47. The van der Waals surface area contributed by atoms with Crippen LogP contribution in [0.5, 0.6) is 5.75 Å². The SMILES string of the molecule is O=C(O)C1CCN(Cc2c(F)cccc2OC(F)(F)F)CC1. The average molecular weight is 321 g/mol. The number of carboxylic acids is 1. The third kappa shape index (κ3) is 4.33. The molecule has 0 aliphatic carbocycles. The highest BCUT2D eigenvalue weighted by Gasteiger charge is 2.33. The van der Waals surface area contributed by atoms with Gasteiger partial charge in [0.25, 0.3) is 0 Å². The van der Waals surface area contributed by atoms with Gasteiger partial charge in [-0.25, -0.2) is 4.39 Å². The van der Waals surface area contributed by atoms with Crippen LogP contribution in [-0.2, 0) is 11.3 Å². The summed E-state index contributed by atoms with van der Waals surface area (Å²) < 4.78 is 54.7. The lowest BCUT2D eigenvalue weighted by Gasteiger charge is -2.30. The molecule has 1 aliphatic heterocycles. The van der Waals surface area contributed by atoms with Crippen molar-refractivity contribution < 1.29 is 32.2 Å². The maximum absolute atomic E-state index is 13.8. The Hall–Kier alpha value is -1.83. The van der Waals surface area contributed by atoms with Gasteiger partial charge in [0.2, 0.25) is 0 Å². The lowest BCUT2D eigenvalue weighted by atomic mass is 9.96. The highest BCUT2D eigenvalue weighted by molar-refractivity contribution is 5.70. The minimum atomic E-state index is -4.89.